The Morgan fingerprint density at radius 2 is 2.44 bits per heavy atom. The molecular formula is C5H3Cl2O2. The van der Waals surface area contributed by atoms with E-state index in [4.69, 9.17) is 28.3 Å². The Labute approximate surface area is 62.3 Å². The van der Waals surface area contributed by atoms with Gasteiger partial charge in [0.25, 0.3) is 0 Å². The number of halogens is 2. The summed E-state index contributed by atoms with van der Waals surface area (Å²) in [7, 11) is 0. The molecule has 0 aliphatic carbocycles. The Morgan fingerprint density at radius 1 is 1.78 bits per heavy atom. The van der Waals surface area contributed by atoms with E-state index in [0.717, 1.165) is 0 Å². The molecule has 0 saturated carbocycles. The van der Waals surface area contributed by atoms with Crippen LogP contribution in [0, 0.1) is 6.08 Å². The molecule has 1 unspecified atom stereocenters. The van der Waals surface area contributed by atoms with Crippen molar-refractivity contribution in [2.45, 2.75) is 5.56 Å². The second kappa shape index (κ2) is 2.50. The van der Waals surface area contributed by atoms with Crippen LogP contribution in [0.2, 0.25) is 0 Å². The van der Waals surface area contributed by atoms with Crippen molar-refractivity contribution >= 4 is 23.2 Å². The lowest BCUT2D eigenvalue weighted by atomic mass is 10.4. The van der Waals surface area contributed by atoms with Gasteiger partial charge in [-0.2, -0.15) is 0 Å². The molecule has 0 aromatic rings. The Balaban J connectivity index is 2.83. The van der Waals surface area contributed by atoms with E-state index in [1.807, 2.05) is 0 Å². The van der Waals surface area contributed by atoms with Crippen molar-refractivity contribution in [2.24, 2.45) is 0 Å². The van der Waals surface area contributed by atoms with Crippen molar-refractivity contribution < 1.29 is 9.84 Å². The second-order valence-corrected chi connectivity index (χ2v) is 2.21. The third-order valence-corrected chi connectivity index (χ3v) is 1.62. The number of alkyl halides is 1. The Hall–Kier alpha value is -0.340. The fourth-order valence-corrected chi connectivity index (χ4v) is 0.647. The van der Waals surface area contributed by atoms with Gasteiger partial charge in [0.15, 0.2) is 0 Å². The van der Waals surface area contributed by atoms with E-state index in [1.165, 1.54) is 6.26 Å². The standard InChI is InChI=1S/C5H3Cl2O2/c6-4-3(8)1-2-9-5(4)7/h2,5,8H. The topological polar surface area (TPSA) is 29.5 Å². The molecule has 1 rings (SSSR count). The van der Waals surface area contributed by atoms with Gasteiger partial charge in [0.1, 0.15) is 10.8 Å². The molecule has 0 saturated heterocycles. The number of aliphatic hydroxyl groups excluding tert-OH is 1. The minimum atomic E-state index is -0.770. The summed E-state index contributed by atoms with van der Waals surface area (Å²) in [5, 5.41) is 8.86. The minimum Gasteiger partial charge on any atom is -0.506 e. The number of hydrogen-bond donors (Lipinski definition) is 1. The highest BCUT2D eigenvalue weighted by atomic mass is 35.5. The third kappa shape index (κ3) is 1.32. The van der Waals surface area contributed by atoms with Gasteiger partial charge in [-0.3, -0.25) is 0 Å². The largest absolute Gasteiger partial charge is 0.506 e. The number of ether oxygens (including phenoxy) is 1. The lowest BCUT2D eigenvalue weighted by Crippen LogP contribution is -2.06. The van der Waals surface area contributed by atoms with Crippen LogP contribution in [-0.2, 0) is 4.74 Å². The normalized spacial score (nSPS) is 26.2. The Kier molecular flexibility index (Phi) is 1.88. The van der Waals surface area contributed by atoms with Crippen LogP contribution in [0.3, 0.4) is 0 Å². The molecule has 0 spiro atoms. The number of hydrogen-bond acceptors (Lipinski definition) is 2. The Morgan fingerprint density at radius 3 is 2.89 bits per heavy atom. The van der Waals surface area contributed by atoms with Gasteiger partial charge in [-0.15, -0.1) is 0 Å². The molecule has 1 heterocycles. The van der Waals surface area contributed by atoms with Gasteiger partial charge in [-0.05, 0) is 0 Å². The molecule has 1 aliphatic rings. The molecule has 4 heteroatoms. The van der Waals surface area contributed by atoms with Gasteiger partial charge in [0, 0.05) is 0 Å². The van der Waals surface area contributed by atoms with Crippen LogP contribution in [-0.4, -0.2) is 10.7 Å². The van der Waals surface area contributed by atoms with Crippen LogP contribution in [0.4, 0.5) is 0 Å². The molecule has 0 bridgehead atoms. The number of aliphatic hydroxyl groups is 1. The molecule has 1 radical (unpaired) electrons. The van der Waals surface area contributed by atoms with E-state index in [2.05, 4.69) is 10.8 Å². The van der Waals surface area contributed by atoms with Crippen LogP contribution in [0.25, 0.3) is 0 Å². The number of rotatable bonds is 0. The molecule has 0 fully saturated rings. The van der Waals surface area contributed by atoms with E-state index < -0.39 is 5.56 Å². The fourth-order valence-electron chi connectivity index (χ4n) is 0.386. The molecule has 1 N–H and O–H groups in total. The van der Waals surface area contributed by atoms with Crippen LogP contribution < -0.4 is 0 Å². The molecule has 0 aromatic carbocycles. The van der Waals surface area contributed by atoms with Crippen molar-refractivity contribution in [3.63, 3.8) is 0 Å². The van der Waals surface area contributed by atoms with Crippen LogP contribution in [0.1, 0.15) is 0 Å². The maximum absolute atomic E-state index is 8.79. The number of allylic oxidation sites excluding steroid dienone is 1. The first kappa shape index (κ1) is 6.78. The molecule has 0 aromatic heterocycles. The van der Waals surface area contributed by atoms with Crippen LogP contribution >= 0.6 is 23.2 Å². The van der Waals surface area contributed by atoms with Crippen LogP contribution in [0.15, 0.2) is 17.1 Å². The zero-order valence-corrected chi connectivity index (χ0v) is 5.78. The zero-order chi connectivity index (χ0) is 6.85. The van der Waals surface area contributed by atoms with Gasteiger partial charge in [0.05, 0.1) is 12.3 Å². The second-order valence-electron chi connectivity index (χ2n) is 1.41. The monoisotopic (exact) mass is 165 g/mol. The van der Waals surface area contributed by atoms with E-state index in [-0.39, 0.29) is 10.8 Å². The van der Waals surface area contributed by atoms with Gasteiger partial charge >= 0.3 is 0 Å². The first-order valence-corrected chi connectivity index (χ1v) is 2.99. The molecule has 2 nitrogen and oxygen atoms in total. The molecule has 1 atom stereocenters. The predicted octanol–water partition coefficient (Wildman–Crippen LogP) is 1.91. The zero-order valence-electron chi connectivity index (χ0n) is 4.27. The maximum Gasteiger partial charge on any atom is 0.210 e. The van der Waals surface area contributed by atoms with Gasteiger partial charge < -0.3 is 9.84 Å². The summed E-state index contributed by atoms with van der Waals surface area (Å²) in [6.45, 7) is 0. The summed E-state index contributed by atoms with van der Waals surface area (Å²) in [6, 6.07) is 0. The summed E-state index contributed by atoms with van der Waals surface area (Å²) in [4.78, 5) is 0. The van der Waals surface area contributed by atoms with Gasteiger partial charge in [-0.1, -0.05) is 23.2 Å². The average molecular weight is 166 g/mol. The third-order valence-electron chi connectivity index (χ3n) is 0.809. The van der Waals surface area contributed by atoms with Gasteiger partial charge in [-0.25, -0.2) is 0 Å². The highest BCUT2D eigenvalue weighted by Crippen LogP contribution is 2.22. The summed E-state index contributed by atoms with van der Waals surface area (Å²) < 4.78 is 4.64. The minimum absolute atomic E-state index is 0.0687. The van der Waals surface area contributed by atoms with Crippen molar-refractivity contribution in [2.75, 3.05) is 0 Å². The quantitative estimate of drug-likeness (QED) is 0.557. The molecule has 49 valence electrons. The molecule has 9 heavy (non-hydrogen) atoms. The van der Waals surface area contributed by atoms with Crippen molar-refractivity contribution in [1.82, 2.24) is 0 Å². The molecule has 0 amide bonds. The van der Waals surface area contributed by atoms with Crippen LogP contribution in [0.5, 0.6) is 0 Å². The average Bonchev–Trinajstić information content (AvgIpc) is 1.83. The predicted molar refractivity (Wildman–Crippen MR) is 34.0 cm³/mol. The van der Waals surface area contributed by atoms with E-state index in [9.17, 15) is 0 Å². The van der Waals surface area contributed by atoms with E-state index >= 15 is 0 Å². The van der Waals surface area contributed by atoms with Crippen molar-refractivity contribution in [3.05, 3.63) is 23.1 Å². The first-order valence-electron chi connectivity index (χ1n) is 2.18. The highest BCUT2D eigenvalue weighted by molar-refractivity contribution is 6.37. The fraction of sp³-hybridized carbons (Fsp3) is 0.200. The Bertz CT molecular complexity index is 174. The summed E-state index contributed by atoms with van der Waals surface area (Å²) in [5.41, 5.74) is -0.770. The van der Waals surface area contributed by atoms with E-state index in [1.54, 1.807) is 0 Å². The van der Waals surface area contributed by atoms with E-state index in [0.29, 0.717) is 0 Å². The van der Waals surface area contributed by atoms with Crippen molar-refractivity contribution in [3.8, 4) is 0 Å². The van der Waals surface area contributed by atoms with Gasteiger partial charge in [0.2, 0.25) is 5.56 Å². The summed E-state index contributed by atoms with van der Waals surface area (Å²) in [5.74, 6) is -0.164. The summed E-state index contributed by atoms with van der Waals surface area (Å²) in [6.07, 6.45) is 3.50. The lowest BCUT2D eigenvalue weighted by molar-refractivity contribution is 0.231. The highest BCUT2D eigenvalue weighted by Gasteiger charge is 2.16. The lowest BCUT2D eigenvalue weighted by Gasteiger charge is -2.11. The summed E-state index contributed by atoms with van der Waals surface area (Å²) >= 11 is 10.8. The SMILES string of the molecule is OC1=C(Cl)C(Cl)OC=[C]1. The van der Waals surface area contributed by atoms with Crippen molar-refractivity contribution in [1.29, 1.82) is 0 Å². The smallest absolute Gasteiger partial charge is 0.210 e. The maximum atomic E-state index is 8.79. The first-order chi connectivity index (χ1) is 4.22. The molecular weight excluding hydrogens is 163 g/mol. The molecule has 1 aliphatic heterocycles.